The Hall–Kier alpha value is -3.14. The zero-order valence-corrected chi connectivity index (χ0v) is 16.9. The van der Waals surface area contributed by atoms with Crippen molar-refractivity contribution in [1.29, 1.82) is 0 Å². The van der Waals surface area contributed by atoms with Crippen LogP contribution >= 0.6 is 15.9 Å². The van der Waals surface area contributed by atoms with Crippen LogP contribution in [0.2, 0.25) is 0 Å². The Kier molecular flexibility index (Phi) is 6.25. The van der Waals surface area contributed by atoms with Crippen molar-refractivity contribution < 1.29 is 27.5 Å². The monoisotopic (exact) mass is 484 g/mol. The second-order valence-electron chi connectivity index (χ2n) is 6.12. The van der Waals surface area contributed by atoms with E-state index < -0.39 is 41.1 Å². The van der Waals surface area contributed by atoms with Gasteiger partial charge in [-0.2, -0.15) is 0 Å². The van der Waals surface area contributed by atoms with E-state index in [2.05, 4.69) is 21.1 Å². The zero-order chi connectivity index (χ0) is 22.0. The largest absolute Gasteiger partial charge is 0.487 e. The van der Waals surface area contributed by atoms with Crippen molar-refractivity contribution in [2.75, 3.05) is 0 Å². The number of oxime groups is 1. The van der Waals surface area contributed by atoms with E-state index in [9.17, 15) is 22.4 Å². The first-order valence-corrected chi connectivity index (χ1v) is 9.19. The maximum Gasteiger partial charge on any atom is 0.273 e. The van der Waals surface area contributed by atoms with Crippen LogP contribution < -0.4 is 10.3 Å². The molecule has 0 aliphatic rings. The van der Waals surface area contributed by atoms with Crippen molar-refractivity contribution in [3.63, 3.8) is 0 Å². The smallest absolute Gasteiger partial charge is 0.273 e. The number of halogens is 5. The molecule has 0 amide bonds. The third-order valence-corrected chi connectivity index (χ3v) is 4.99. The van der Waals surface area contributed by atoms with Gasteiger partial charge in [-0.25, -0.2) is 17.6 Å². The summed E-state index contributed by atoms with van der Waals surface area (Å²) >= 11 is 3.04. The number of ether oxygens (including phenoxy) is 1. The van der Waals surface area contributed by atoms with Crippen molar-refractivity contribution in [2.45, 2.75) is 13.5 Å². The molecular formula is C20H13BrF4N2O3. The summed E-state index contributed by atoms with van der Waals surface area (Å²) < 4.78 is 61.6. The fraction of sp³-hybridized carbons (Fsp3) is 0.100. The number of hydrogen-bond acceptors (Lipinski definition) is 4. The highest BCUT2D eigenvalue weighted by atomic mass is 79.9. The third-order valence-electron chi connectivity index (χ3n) is 4.30. The third kappa shape index (κ3) is 3.95. The number of para-hydroxylation sites is 1. The van der Waals surface area contributed by atoms with Crippen LogP contribution in [0.25, 0.3) is 5.69 Å². The molecule has 1 heterocycles. The van der Waals surface area contributed by atoms with Crippen LogP contribution in [0.15, 0.2) is 50.8 Å². The first-order chi connectivity index (χ1) is 14.3. The van der Waals surface area contributed by atoms with Gasteiger partial charge >= 0.3 is 0 Å². The molecule has 0 spiro atoms. The number of hydrogen-bond donors (Lipinski definition) is 1. The zero-order valence-electron chi connectivity index (χ0n) is 15.3. The van der Waals surface area contributed by atoms with Gasteiger partial charge in [-0.05, 0) is 47.1 Å². The summed E-state index contributed by atoms with van der Waals surface area (Å²) in [5.74, 6) is -3.74. The molecule has 0 fully saturated rings. The van der Waals surface area contributed by atoms with Gasteiger partial charge in [0.25, 0.3) is 5.56 Å². The summed E-state index contributed by atoms with van der Waals surface area (Å²) in [7, 11) is 0. The lowest BCUT2D eigenvalue weighted by atomic mass is 10.1. The molecule has 10 heteroatoms. The first kappa shape index (κ1) is 21.6. The lowest BCUT2D eigenvalue weighted by Crippen LogP contribution is -2.26. The van der Waals surface area contributed by atoms with Crippen LogP contribution in [0.1, 0.15) is 16.8 Å². The topological polar surface area (TPSA) is 63.8 Å². The van der Waals surface area contributed by atoms with Crippen molar-refractivity contribution in [2.24, 2.45) is 5.16 Å². The average molecular weight is 485 g/mol. The molecule has 3 rings (SSSR count). The summed E-state index contributed by atoms with van der Waals surface area (Å²) in [6, 6.07) is 6.00. The molecule has 0 unspecified atom stereocenters. The van der Waals surface area contributed by atoms with Crippen LogP contribution in [0, 0.1) is 30.2 Å². The highest BCUT2D eigenvalue weighted by Gasteiger charge is 2.23. The molecule has 0 aliphatic heterocycles. The second kappa shape index (κ2) is 8.70. The van der Waals surface area contributed by atoms with E-state index >= 15 is 0 Å². The van der Waals surface area contributed by atoms with E-state index in [1.54, 1.807) is 0 Å². The molecule has 0 atom stereocenters. The van der Waals surface area contributed by atoms with Crippen molar-refractivity contribution in [3.8, 4) is 11.4 Å². The Bertz CT molecular complexity index is 1190. The lowest BCUT2D eigenvalue weighted by molar-refractivity contribution is 0.294. The van der Waals surface area contributed by atoms with Gasteiger partial charge < -0.3 is 9.94 Å². The fourth-order valence-corrected chi connectivity index (χ4v) is 3.37. The minimum Gasteiger partial charge on any atom is -0.487 e. The molecule has 2 aromatic carbocycles. The minimum atomic E-state index is -0.985. The Morgan fingerprint density at radius 1 is 1.13 bits per heavy atom. The molecule has 0 saturated carbocycles. The number of rotatable bonds is 5. The molecular weight excluding hydrogens is 472 g/mol. The Labute approximate surface area is 176 Å². The predicted octanol–water partition coefficient (Wildman–Crippen LogP) is 4.85. The van der Waals surface area contributed by atoms with Gasteiger partial charge in [0.05, 0.1) is 11.8 Å². The van der Waals surface area contributed by atoms with E-state index in [4.69, 9.17) is 9.94 Å². The lowest BCUT2D eigenvalue weighted by Gasteiger charge is -2.19. The van der Waals surface area contributed by atoms with E-state index in [0.29, 0.717) is 6.07 Å². The van der Waals surface area contributed by atoms with E-state index in [0.717, 1.165) is 35.0 Å². The number of aromatic nitrogens is 1. The Morgan fingerprint density at radius 2 is 1.80 bits per heavy atom. The molecule has 1 N–H and O–H groups in total. The van der Waals surface area contributed by atoms with Gasteiger partial charge in [0, 0.05) is 17.3 Å². The standard InChI is InChI=1S/C20H13BrF4N2O3/c1-10-13(8-26-29)19(30-9-11-5-6-12(22)7-16(11)25)17(21)20(28)27(10)18-14(23)3-2-4-15(18)24/h2-8,29H,9H2,1H3/b26-8+. The fourth-order valence-electron chi connectivity index (χ4n) is 2.86. The molecule has 3 aromatic rings. The quantitative estimate of drug-likeness (QED) is 0.243. The van der Waals surface area contributed by atoms with Crippen molar-refractivity contribution in [1.82, 2.24) is 4.57 Å². The molecule has 0 radical (unpaired) electrons. The van der Waals surface area contributed by atoms with Gasteiger partial charge in [-0.1, -0.05) is 11.2 Å². The summed E-state index contributed by atoms with van der Waals surface area (Å²) in [6.07, 6.45) is 0.908. The molecule has 1 aromatic heterocycles. The molecule has 30 heavy (non-hydrogen) atoms. The SMILES string of the molecule is Cc1c(/C=N/O)c(OCc2ccc(F)cc2F)c(Br)c(=O)n1-c1c(F)cccc1F. The number of nitrogens with zero attached hydrogens (tertiary/aromatic N) is 2. The normalized spacial score (nSPS) is 11.3. The van der Waals surface area contributed by atoms with Crippen LogP contribution in [0.3, 0.4) is 0 Å². The van der Waals surface area contributed by atoms with Gasteiger partial charge in [-0.3, -0.25) is 9.36 Å². The second-order valence-corrected chi connectivity index (χ2v) is 6.91. The van der Waals surface area contributed by atoms with Crippen LogP contribution in [0.4, 0.5) is 17.6 Å². The minimum absolute atomic E-state index is 0.000391. The Balaban J connectivity index is 2.17. The molecule has 0 saturated heterocycles. The van der Waals surface area contributed by atoms with E-state index in [1.165, 1.54) is 13.0 Å². The van der Waals surface area contributed by atoms with Gasteiger partial charge in [0.1, 0.15) is 45.8 Å². The average Bonchev–Trinajstić information content (AvgIpc) is 2.69. The summed E-state index contributed by atoms with van der Waals surface area (Å²) in [5.41, 5.74) is -1.48. The summed E-state index contributed by atoms with van der Waals surface area (Å²) in [5, 5.41) is 11.9. The van der Waals surface area contributed by atoms with Crippen LogP contribution in [0.5, 0.6) is 5.75 Å². The molecule has 156 valence electrons. The number of benzene rings is 2. The van der Waals surface area contributed by atoms with Crippen LogP contribution in [-0.4, -0.2) is 16.0 Å². The van der Waals surface area contributed by atoms with Gasteiger partial charge in [0.2, 0.25) is 0 Å². The van der Waals surface area contributed by atoms with Crippen LogP contribution in [-0.2, 0) is 6.61 Å². The summed E-state index contributed by atoms with van der Waals surface area (Å²) in [6.45, 7) is 0.968. The van der Waals surface area contributed by atoms with Crippen molar-refractivity contribution in [3.05, 3.63) is 91.3 Å². The van der Waals surface area contributed by atoms with Crippen molar-refractivity contribution >= 4 is 22.1 Å². The highest BCUT2D eigenvalue weighted by Crippen LogP contribution is 2.31. The molecule has 0 bridgehead atoms. The maximum atomic E-state index is 14.3. The van der Waals surface area contributed by atoms with E-state index in [-0.39, 0.29) is 27.0 Å². The summed E-state index contributed by atoms with van der Waals surface area (Å²) in [4.78, 5) is 12.9. The highest BCUT2D eigenvalue weighted by molar-refractivity contribution is 9.10. The predicted molar refractivity (Wildman–Crippen MR) is 104 cm³/mol. The molecule has 0 aliphatic carbocycles. The van der Waals surface area contributed by atoms with E-state index in [1.807, 2.05) is 0 Å². The molecule has 5 nitrogen and oxygen atoms in total. The van der Waals surface area contributed by atoms with Gasteiger partial charge in [-0.15, -0.1) is 0 Å². The Morgan fingerprint density at radius 3 is 2.40 bits per heavy atom. The maximum absolute atomic E-state index is 14.3. The first-order valence-electron chi connectivity index (χ1n) is 8.40. The van der Waals surface area contributed by atoms with Gasteiger partial charge in [0.15, 0.2) is 0 Å². The number of pyridine rings is 1.